The Bertz CT molecular complexity index is 1040. The molecule has 9 heteroatoms. The molecule has 0 unspecified atom stereocenters. The van der Waals surface area contributed by atoms with E-state index >= 15 is 0 Å². The lowest BCUT2D eigenvalue weighted by molar-refractivity contribution is -0.113. The van der Waals surface area contributed by atoms with Gasteiger partial charge < -0.3 is 14.6 Å². The number of halogens is 2. The van der Waals surface area contributed by atoms with E-state index in [1.54, 1.807) is 4.57 Å². The minimum absolute atomic E-state index is 0.0443. The van der Waals surface area contributed by atoms with Gasteiger partial charge in [0.15, 0.2) is 11.0 Å². The predicted molar refractivity (Wildman–Crippen MR) is 112 cm³/mol. The summed E-state index contributed by atoms with van der Waals surface area (Å²) in [5.74, 6) is 0.782. The zero-order valence-electron chi connectivity index (χ0n) is 16.2. The predicted octanol–water partition coefficient (Wildman–Crippen LogP) is 4.53. The maximum atomic E-state index is 13.2. The number of aryl methyl sites for hydroxylation is 2. The molecule has 0 atom stereocenters. The van der Waals surface area contributed by atoms with Crippen LogP contribution in [-0.4, -0.2) is 26.4 Å². The summed E-state index contributed by atoms with van der Waals surface area (Å²) in [6, 6.07) is 10.0. The second kappa shape index (κ2) is 9.28. The molecule has 1 amide bonds. The molecular formula is C20H20ClFN4O2S. The summed E-state index contributed by atoms with van der Waals surface area (Å²) in [6.07, 6.45) is 0. The van der Waals surface area contributed by atoms with Gasteiger partial charge in [0.2, 0.25) is 5.91 Å². The Labute approximate surface area is 177 Å². The monoisotopic (exact) mass is 434 g/mol. The molecule has 0 radical (unpaired) electrons. The average Bonchev–Trinajstić information content (AvgIpc) is 3.02. The number of rotatable bonds is 7. The molecule has 0 aliphatic heterocycles. The van der Waals surface area contributed by atoms with Gasteiger partial charge in [-0.25, -0.2) is 4.39 Å². The van der Waals surface area contributed by atoms with Crippen LogP contribution >= 0.6 is 23.4 Å². The molecule has 0 aliphatic carbocycles. The van der Waals surface area contributed by atoms with E-state index in [1.807, 2.05) is 33.0 Å². The number of hydrogen-bond acceptors (Lipinski definition) is 5. The van der Waals surface area contributed by atoms with Crippen molar-refractivity contribution in [3.05, 3.63) is 64.2 Å². The number of anilines is 1. The molecule has 0 saturated heterocycles. The Kier molecular flexibility index (Phi) is 6.76. The summed E-state index contributed by atoms with van der Waals surface area (Å²) in [5.41, 5.74) is 2.66. The van der Waals surface area contributed by atoms with E-state index in [0.717, 1.165) is 11.3 Å². The highest BCUT2D eigenvalue weighted by molar-refractivity contribution is 7.99. The minimum atomic E-state index is -0.534. The Morgan fingerprint density at radius 1 is 1.24 bits per heavy atom. The Morgan fingerprint density at radius 3 is 2.76 bits per heavy atom. The first-order chi connectivity index (χ1) is 13.8. The van der Waals surface area contributed by atoms with Crippen LogP contribution in [0.5, 0.6) is 5.75 Å². The molecule has 152 valence electrons. The number of thioether (sulfide) groups is 1. The second-order valence-electron chi connectivity index (χ2n) is 6.48. The lowest BCUT2D eigenvalue weighted by Gasteiger charge is -2.09. The fourth-order valence-corrected chi connectivity index (χ4v) is 3.51. The first-order valence-electron chi connectivity index (χ1n) is 8.79. The van der Waals surface area contributed by atoms with Crippen LogP contribution < -0.4 is 10.1 Å². The van der Waals surface area contributed by atoms with E-state index in [9.17, 15) is 9.18 Å². The Balaban J connectivity index is 1.55. The van der Waals surface area contributed by atoms with Crippen molar-refractivity contribution in [2.45, 2.75) is 25.6 Å². The fourth-order valence-electron chi connectivity index (χ4n) is 2.60. The normalized spacial score (nSPS) is 10.8. The number of aromatic nitrogens is 3. The largest absolute Gasteiger partial charge is 0.485 e. The molecule has 1 aromatic heterocycles. The highest BCUT2D eigenvalue weighted by Gasteiger charge is 2.13. The van der Waals surface area contributed by atoms with E-state index in [0.29, 0.717) is 16.7 Å². The molecule has 3 aromatic rings. The van der Waals surface area contributed by atoms with E-state index in [-0.39, 0.29) is 23.3 Å². The topological polar surface area (TPSA) is 69.0 Å². The van der Waals surface area contributed by atoms with Crippen molar-refractivity contribution in [1.29, 1.82) is 0 Å². The molecule has 2 aromatic carbocycles. The third-order valence-electron chi connectivity index (χ3n) is 4.15. The van der Waals surface area contributed by atoms with Gasteiger partial charge in [-0.1, -0.05) is 41.1 Å². The fraction of sp³-hybridized carbons (Fsp3) is 0.250. The number of nitrogens with one attached hydrogen (secondary N) is 1. The van der Waals surface area contributed by atoms with Gasteiger partial charge in [-0.05, 0) is 43.7 Å². The second-order valence-corrected chi connectivity index (χ2v) is 7.83. The van der Waals surface area contributed by atoms with E-state index in [1.165, 1.54) is 35.5 Å². The molecule has 0 saturated carbocycles. The summed E-state index contributed by atoms with van der Waals surface area (Å²) in [5, 5.41) is 11.5. The summed E-state index contributed by atoms with van der Waals surface area (Å²) < 4.78 is 20.8. The van der Waals surface area contributed by atoms with Crippen molar-refractivity contribution in [2.75, 3.05) is 11.1 Å². The standard InChI is InChI=1S/C20H20ClFN4O2S/c1-12-4-7-17(13(2)8-12)28-10-18-24-25-20(26(18)3)29-11-19(27)23-14-5-6-16(22)15(21)9-14/h4-9H,10-11H2,1-3H3,(H,23,27). The number of carbonyl (C=O) groups is 1. The van der Waals surface area contributed by atoms with Crippen LogP contribution in [0.1, 0.15) is 17.0 Å². The number of carbonyl (C=O) groups excluding carboxylic acids is 1. The lowest BCUT2D eigenvalue weighted by atomic mass is 10.1. The van der Waals surface area contributed by atoms with Crippen molar-refractivity contribution in [1.82, 2.24) is 14.8 Å². The molecule has 0 aliphatic rings. The summed E-state index contributed by atoms with van der Waals surface area (Å²) in [4.78, 5) is 12.1. The van der Waals surface area contributed by atoms with Crippen LogP contribution in [0.4, 0.5) is 10.1 Å². The molecule has 1 heterocycles. The zero-order chi connectivity index (χ0) is 21.0. The highest BCUT2D eigenvalue weighted by atomic mass is 35.5. The van der Waals surface area contributed by atoms with Gasteiger partial charge in [0.1, 0.15) is 18.2 Å². The van der Waals surface area contributed by atoms with E-state index in [2.05, 4.69) is 21.6 Å². The summed E-state index contributed by atoms with van der Waals surface area (Å²) in [6.45, 7) is 4.30. The molecule has 6 nitrogen and oxygen atoms in total. The van der Waals surface area contributed by atoms with Gasteiger partial charge in [0.25, 0.3) is 0 Å². The highest BCUT2D eigenvalue weighted by Crippen LogP contribution is 2.22. The molecule has 0 fully saturated rings. The Hall–Kier alpha value is -2.58. The van der Waals surface area contributed by atoms with Gasteiger partial charge in [-0.3, -0.25) is 4.79 Å². The molecular weight excluding hydrogens is 415 g/mol. The molecule has 29 heavy (non-hydrogen) atoms. The van der Waals surface area contributed by atoms with Crippen LogP contribution in [0.3, 0.4) is 0 Å². The summed E-state index contributed by atoms with van der Waals surface area (Å²) in [7, 11) is 1.82. The van der Waals surface area contributed by atoms with Crippen molar-refractivity contribution < 1.29 is 13.9 Å². The van der Waals surface area contributed by atoms with Gasteiger partial charge >= 0.3 is 0 Å². The first kappa shape index (κ1) is 21.1. The third kappa shape index (κ3) is 5.48. The quantitative estimate of drug-likeness (QED) is 0.553. The number of nitrogens with zero attached hydrogens (tertiary/aromatic N) is 3. The van der Waals surface area contributed by atoms with Crippen molar-refractivity contribution >= 4 is 35.0 Å². The number of ether oxygens (including phenoxy) is 1. The number of amides is 1. The van der Waals surface area contributed by atoms with Crippen LogP contribution in [0.15, 0.2) is 41.6 Å². The molecule has 3 rings (SSSR count). The average molecular weight is 435 g/mol. The maximum absolute atomic E-state index is 13.2. The SMILES string of the molecule is Cc1ccc(OCc2nnc(SCC(=O)Nc3ccc(F)c(Cl)c3)n2C)c(C)c1. The van der Waals surface area contributed by atoms with Crippen LogP contribution in [0.25, 0.3) is 0 Å². The van der Waals surface area contributed by atoms with Crippen molar-refractivity contribution in [3.63, 3.8) is 0 Å². The molecule has 1 N–H and O–H groups in total. The van der Waals surface area contributed by atoms with E-state index < -0.39 is 5.82 Å². The molecule has 0 bridgehead atoms. The van der Waals surface area contributed by atoms with Crippen molar-refractivity contribution in [3.8, 4) is 5.75 Å². The zero-order valence-corrected chi connectivity index (χ0v) is 17.8. The van der Waals surface area contributed by atoms with Gasteiger partial charge in [0, 0.05) is 12.7 Å². The first-order valence-corrected chi connectivity index (χ1v) is 10.2. The molecule has 0 spiro atoms. The van der Waals surface area contributed by atoms with Gasteiger partial charge in [-0.15, -0.1) is 10.2 Å². The van der Waals surface area contributed by atoms with Crippen LogP contribution in [0.2, 0.25) is 5.02 Å². The maximum Gasteiger partial charge on any atom is 0.234 e. The van der Waals surface area contributed by atoms with Gasteiger partial charge in [-0.2, -0.15) is 0 Å². The van der Waals surface area contributed by atoms with Crippen molar-refractivity contribution in [2.24, 2.45) is 7.05 Å². The van der Waals surface area contributed by atoms with Gasteiger partial charge in [0.05, 0.1) is 10.8 Å². The third-order valence-corrected chi connectivity index (χ3v) is 5.46. The van der Waals surface area contributed by atoms with E-state index in [4.69, 9.17) is 16.3 Å². The number of benzene rings is 2. The Morgan fingerprint density at radius 2 is 2.03 bits per heavy atom. The van der Waals surface area contributed by atoms with Crippen LogP contribution in [-0.2, 0) is 18.4 Å². The number of hydrogen-bond donors (Lipinski definition) is 1. The van der Waals surface area contributed by atoms with Crippen LogP contribution in [0, 0.1) is 19.7 Å². The minimum Gasteiger partial charge on any atom is -0.485 e. The lowest BCUT2D eigenvalue weighted by Crippen LogP contribution is -2.14. The summed E-state index contributed by atoms with van der Waals surface area (Å²) >= 11 is 6.96. The smallest absolute Gasteiger partial charge is 0.234 e.